The van der Waals surface area contributed by atoms with Crippen LogP contribution in [0.5, 0.6) is 0 Å². The third-order valence-corrected chi connectivity index (χ3v) is 5.39. The van der Waals surface area contributed by atoms with Gasteiger partial charge in [-0.15, -0.1) is 11.3 Å². The molecule has 1 aliphatic rings. The highest BCUT2D eigenvalue weighted by molar-refractivity contribution is 7.17. The Labute approximate surface area is 144 Å². The van der Waals surface area contributed by atoms with Crippen LogP contribution in [-0.2, 0) is 6.54 Å². The van der Waals surface area contributed by atoms with Gasteiger partial charge in [0.15, 0.2) is 0 Å². The van der Waals surface area contributed by atoms with Crippen molar-refractivity contribution < 1.29 is 4.39 Å². The molecule has 6 heteroatoms. The van der Waals surface area contributed by atoms with E-state index >= 15 is 0 Å². The lowest BCUT2D eigenvalue weighted by molar-refractivity contribution is 0.246. The molecule has 2 aromatic heterocycles. The van der Waals surface area contributed by atoms with Crippen molar-refractivity contribution in [2.45, 2.75) is 13.5 Å². The molecule has 4 rings (SSSR count). The molecule has 0 spiro atoms. The molecule has 0 atom stereocenters. The smallest absolute Gasteiger partial charge is 0.150 e. The summed E-state index contributed by atoms with van der Waals surface area (Å²) in [5.41, 5.74) is 2.89. The fourth-order valence-electron chi connectivity index (χ4n) is 3.18. The summed E-state index contributed by atoms with van der Waals surface area (Å²) in [5.74, 6) is 0.913. The van der Waals surface area contributed by atoms with Gasteiger partial charge in [-0.1, -0.05) is 17.7 Å². The molecule has 0 N–H and O–H groups in total. The standard InChI is InChI=1S/C18H19FN4S/c1-13-2-3-15(19)14(10-13)11-22-5-7-23(8-6-22)18-17-16(4-9-24-17)20-12-21-18/h2-4,9-10,12H,5-8,11H2,1H3. The van der Waals surface area contributed by atoms with Crippen molar-refractivity contribution in [2.75, 3.05) is 31.1 Å². The fraction of sp³-hybridized carbons (Fsp3) is 0.333. The number of nitrogens with zero attached hydrogens (tertiary/aromatic N) is 4. The van der Waals surface area contributed by atoms with E-state index in [0.29, 0.717) is 6.54 Å². The summed E-state index contributed by atoms with van der Waals surface area (Å²) in [6.45, 7) is 6.28. The largest absolute Gasteiger partial charge is 0.353 e. The first-order valence-corrected chi connectivity index (χ1v) is 8.99. The van der Waals surface area contributed by atoms with E-state index in [1.54, 1.807) is 23.7 Å². The number of anilines is 1. The van der Waals surface area contributed by atoms with Gasteiger partial charge in [-0.3, -0.25) is 4.90 Å². The fourth-order valence-corrected chi connectivity index (χ4v) is 4.05. The molecule has 124 valence electrons. The zero-order chi connectivity index (χ0) is 16.5. The number of thiophene rings is 1. The normalized spacial score (nSPS) is 16.0. The molecule has 0 aliphatic carbocycles. The van der Waals surface area contributed by atoms with Gasteiger partial charge in [0.05, 0.1) is 10.2 Å². The summed E-state index contributed by atoms with van der Waals surface area (Å²) >= 11 is 1.68. The molecule has 0 unspecified atom stereocenters. The summed E-state index contributed by atoms with van der Waals surface area (Å²) in [6, 6.07) is 7.36. The second-order valence-corrected chi connectivity index (χ2v) is 7.11. The number of aromatic nitrogens is 2. The van der Waals surface area contributed by atoms with E-state index in [1.807, 2.05) is 25.1 Å². The molecule has 3 heterocycles. The quantitative estimate of drug-likeness (QED) is 0.730. The van der Waals surface area contributed by atoms with Crippen LogP contribution in [0.2, 0.25) is 0 Å². The first kappa shape index (κ1) is 15.5. The number of halogens is 1. The first-order chi connectivity index (χ1) is 11.7. The van der Waals surface area contributed by atoms with Gasteiger partial charge in [0.1, 0.15) is 18.0 Å². The van der Waals surface area contributed by atoms with E-state index in [0.717, 1.165) is 53.3 Å². The SMILES string of the molecule is Cc1ccc(F)c(CN2CCN(c3ncnc4ccsc34)CC2)c1. The van der Waals surface area contributed by atoms with Gasteiger partial charge in [-0.2, -0.15) is 0 Å². The van der Waals surface area contributed by atoms with E-state index < -0.39 is 0 Å². The average Bonchev–Trinajstić information content (AvgIpc) is 3.08. The Hall–Kier alpha value is -2.05. The van der Waals surface area contributed by atoms with E-state index in [4.69, 9.17) is 0 Å². The molecule has 0 bridgehead atoms. The summed E-state index contributed by atoms with van der Waals surface area (Å²) in [7, 11) is 0. The molecule has 1 saturated heterocycles. The summed E-state index contributed by atoms with van der Waals surface area (Å²) < 4.78 is 15.1. The maximum Gasteiger partial charge on any atom is 0.150 e. The van der Waals surface area contributed by atoms with E-state index in [9.17, 15) is 4.39 Å². The van der Waals surface area contributed by atoms with Crippen LogP contribution in [0.15, 0.2) is 36.0 Å². The second-order valence-electron chi connectivity index (χ2n) is 6.19. The molecule has 3 aromatic rings. The molecule has 4 nitrogen and oxygen atoms in total. The highest BCUT2D eigenvalue weighted by Crippen LogP contribution is 2.28. The predicted molar refractivity (Wildman–Crippen MR) is 96.0 cm³/mol. The van der Waals surface area contributed by atoms with Crippen molar-refractivity contribution in [1.82, 2.24) is 14.9 Å². The monoisotopic (exact) mass is 342 g/mol. The van der Waals surface area contributed by atoms with Crippen molar-refractivity contribution in [1.29, 1.82) is 0 Å². The summed E-state index contributed by atoms with van der Waals surface area (Å²) in [4.78, 5) is 13.4. The number of aryl methyl sites for hydroxylation is 1. The van der Waals surface area contributed by atoms with Gasteiger partial charge in [0.2, 0.25) is 0 Å². The molecule has 1 aliphatic heterocycles. The minimum atomic E-state index is -0.112. The van der Waals surface area contributed by atoms with E-state index in [2.05, 4.69) is 25.1 Å². The molecule has 0 radical (unpaired) electrons. The number of piperazine rings is 1. The number of hydrogen-bond donors (Lipinski definition) is 0. The van der Waals surface area contributed by atoms with Crippen LogP contribution in [0.25, 0.3) is 10.2 Å². The Morgan fingerprint density at radius 1 is 1.12 bits per heavy atom. The molecule has 24 heavy (non-hydrogen) atoms. The van der Waals surface area contributed by atoms with Crippen molar-refractivity contribution in [3.63, 3.8) is 0 Å². The highest BCUT2D eigenvalue weighted by Gasteiger charge is 2.21. The Balaban J connectivity index is 1.45. The molecule has 0 saturated carbocycles. The van der Waals surface area contributed by atoms with Gasteiger partial charge in [0, 0.05) is 38.3 Å². The Morgan fingerprint density at radius 2 is 1.96 bits per heavy atom. The summed E-state index contributed by atoms with van der Waals surface area (Å²) in [6.07, 6.45) is 1.64. The van der Waals surface area contributed by atoms with Gasteiger partial charge in [-0.05, 0) is 24.4 Å². The second kappa shape index (κ2) is 6.45. The minimum Gasteiger partial charge on any atom is -0.353 e. The van der Waals surface area contributed by atoms with Crippen LogP contribution >= 0.6 is 11.3 Å². The minimum absolute atomic E-state index is 0.112. The van der Waals surface area contributed by atoms with Crippen LogP contribution in [0.1, 0.15) is 11.1 Å². The van der Waals surface area contributed by atoms with Crippen molar-refractivity contribution in [2.24, 2.45) is 0 Å². The van der Waals surface area contributed by atoms with Crippen molar-refractivity contribution in [3.05, 3.63) is 52.9 Å². The van der Waals surface area contributed by atoms with Gasteiger partial charge in [-0.25, -0.2) is 14.4 Å². The average molecular weight is 342 g/mol. The number of fused-ring (bicyclic) bond motifs is 1. The van der Waals surface area contributed by atoms with Gasteiger partial charge >= 0.3 is 0 Å². The third kappa shape index (κ3) is 2.99. The first-order valence-electron chi connectivity index (χ1n) is 8.11. The maximum absolute atomic E-state index is 14.0. The van der Waals surface area contributed by atoms with Crippen LogP contribution in [0.3, 0.4) is 0 Å². The topological polar surface area (TPSA) is 32.3 Å². The van der Waals surface area contributed by atoms with E-state index in [-0.39, 0.29) is 5.82 Å². The van der Waals surface area contributed by atoms with Gasteiger partial charge < -0.3 is 4.90 Å². The molecular weight excluding hydrogens is 323 g/mol. The molecular formula is C18H19FN4S. The number of hydrogen-bond acceptors (Lipinski definition) is 5. The van der Waals surface area contributed by atoms with E-state index in [1.165, 1.54) is 0 Å². The summed E-state index contributed by atoms with van der Waals surface area (Å²) in [5, 5.41) is 2.06. The predicted octanol–water partition coefficient (Wildman–Crippen LogP) is 3.46. The van der Waals surface area contributed by atoms with Gasteiger partial charge in [0.25, 0.3) is 0 Å². The highest BCUT2D eigenvalue weighted by atomic mass is 32.1. The zero-order valence-electron chi connectivity index (χ0n) is 13.6. The Bertz CT molecular complexity index is 855. The number of rotatable bonds is 3. The Morgan fingerprint density at radius 3 is 2.79 bits per heavy atom. The lowest BCUT2D eigenvalue weighted by atomic mass is 10.1. The van der Waals surface area contributed by atoms with Crippen LogP contribution in [0, 0.1) is 12.7 Å². The lowest BCUT2D eigenvalue weighted by Gasteiger charge is -2.35. The van der Waals surface area contributed by atoms with Crippen LogP contribution in [0.4, 0.5) is 10.2 Å². The third-order valence-electron chi connectivity index (χ3n) is 4.49. The maximum atomic E-state index is 14.0. The Kier molecular flexibility index (Phi) is 4.16. The van der Waals surface area contributed by atoms with Crippen LogP contribution in [-0.4, -0.2) is 41.0 Å². The zero-order valence-corrected chi connectivity index (χ0v) is 14.4. The molecule has 0 amide bonds. The van der Waals surface area contributed by atoms with Crippen LogP contribution < -0.4 is 4.90 Å². The molecule has 1 fully saturated rings. The van der Waals surface area contributed by atoms with Crippen molar-refractivity contribution >= 4 is 27.4 Å². The number of benzene rings is 1. The van der Waals surface area contributed by atoms with Crippen molar-refractivity contribution in [3.8, 4) is 0 Å². The molecule has 1 aromatic carbocycles. The lowest BCUT2D eigenvalue weighted by Crippen LogP contribution is -2.46.